The molecule has 0 saturated carbocycles. The topological polar surface area (TPSA) is 70.7 Å². The molecule has 0 fully saturated rings. The van der Waals surface area contributed by atoms with E-state index >= 15 is 0 Å². The van der Waals surface area contributed by atoms with Crippen molar-refractivity contribution in [1.29, 1.82) is 0 Å². The fourth-order valence-corrected chi connectivity index (χ4v) is 1.88. The van der Waals surface area contributed by atoms with Crippen molar-refractivity contribution in [2.45, 2.75) is 0 Å². The van der Waals surface area contributed by atoms with E-state index in [-0.39, 0.29) is 5.91 Å². The zero-order chi connectivity index (χ0) is 13.8. The first kappa shape index (κ1) is 12.1. The molecule has 0 aliphatic carbocycles. The number of aromatic amines is 1. The smallest absolute Gasteiger partial charge is 0.275 e. The lowest BCUT2D eigenvalue weighted by Crippen LogP contribution is -2.13. The Morgan fingerprint density at radius 3 is 2.60 bits per heavy atom. The number of hydrogen-bond donors (Lipinski definition) is 2. The van der Waals surface area contributed by atoms with Crippen molar-refractivity contribution in [2.75, 3.05) is 5.32 Å². The Hall–Kier alpha value is -2.95. The number of aromatic nitrogens is 3. The van der Waals surface area contributed by atoms with Gasteiger partial charge in [0.15, 0.2) is 0 Å². The van der Waals surface area contributed by atoms with Gasteiger partial charge in [-0.3, -0.25) is 14.9 Å². The Kier molecular flexibility index (Phi) is 3.24. The van der Waals surface area contributed by atoms with Crippen molar-refractivity contribution >= 4 is 11.7 Å². The number of nitrogens with zero attached hydrogens (tertiary/aromatic N) is 2. The molecular weight excluding hydrogens is 252 g/mol. The number of amides is 1. The maximum atomic E-state index is 12.1. The van der Waals surface area contributed by atoms with E-state index in [4.69, 9.17) is 0 Å². The van der Waals surface area contributed by atoms with E-state index in [1.165, 1.54) is 0 Å². The van der Waals surface area contributed by atoms with Crippen LogP contribution in [0, 0.1) is 0 Å². The average Bonchev–Trinajstić information content (AvgIpc) is 3.01. The minimum Gasteiger partial charge on any atom is -0.306 e. The summed E-state index contributed by atoms with van der Waals surface area (Å²) in [5.74, 6) is 0.272. The SMILES string of the molecule is O=C(Nc1ccn[nH]1)c1cc(-c2ccccc2)ccn1. The van der Waals surface area contributed by atoms with E-state index in [0.717, 1.165) is 11.1 Å². The van der Waals surface area contributed by atoms with Gasteiger partial charge in [-0.1, -0.05) is 30.3 Å². The summed E-state index contributed by atoms with van der Waals surface area (Å²) in [6.07, 6.45) is 3.20. The van der Waals surface area contributed by atoms with Crippen LogP contribution in [0.15, 0.2) is 60.9 Å². The lowest BCUT2D eigenvalue weighted by molar-refractivity contribution is 0.102. The Labute approximate surface area is 115 Å². The number of hydrogen-bond acceptors (Lipinski definition) is 3. The predicted molar refractivity (Wildman–Crippen MR) is 76.2 cm³/mol. The van der Waals surface area contributed by atoms with Gasteiger partial charge in [0.1, 0.15) is 11.5 Å². The lowest BCUT2D eigenvalue weighted by atomic mass is 10.1. The maximum absolute atomic E-state index is 12.1. The second-order valence-electron chi connectivity index (χ2n) is 4.22. The van der Waals surface area contributed by atoms with E-state index in [2.05, 4.69) is 20.5 Å². The van der Waals surface area contributed by atoms with Gasteiger partial charge < -0.3 is 5.32 Å². The van der Waals surface area contributed by atoms with Crippen molar-refractivity contribution in [3.63, 3.8) is 0 Å². The molecule has 0 aliphatic rings. The lowest BCUT2D eigenvalue weighted by Gasteiger charge is -2.05. The van der Waals surface area contributed by atoms with Gasteiger partial charge in [-0.15, -0.1) is 0 Å². The van der Waals surface area contributed by atoms with Crippen LogP contribution < -0.4 is 5.32 Å². The monoisotopic (exact) mass is 264 g/mol. The summed E-state index contributed by atoms with van der Waals surface area (Å²) >= 11 is 0. The van der Waals surface area contributed by atoms with Crippen LogP contribution in [0.3, 0.4) is 0 Å². The number of carbonyl (C=O) groups is 1. The minimum absolute atomic E-state index is 0.271. The highest BCUT2D eigenvalue weighted by atomic mass is 16.1. The molecule has 1 aromatic carbocycles. The Bertz CT molecular complexity index is 708. The molecule has 0 atom stereocenters. The first-order valence-electron chi connectivity index (χ1n) is 6.15. The molecule has 1 amide bonds. The molecule has 0 spiro atoms. The van der Waals surface area contributed by atoms with Crippen LogP contribution in [-0.2, 0) is 0 Å². The Morgan fingerprint density at radius 1 is 1.00 bits per heavy atom. The summed E-state index contributed by atoms with van der Waals surface area (Å²) in [4.78, 5) is 16.2. The van der Waals surface area contributed by atoms with Gasteiger partial charge in [-0.05, 0) is 23.3 Å². The molecule has 2 aromatic heterocycles. The molecule has 2 N–H and O–H groups in total. The van der Waals surface area contributed by atoms with Gasteiger partial charge >= 0.3 is 0 Å². The van der Waals surface area contributed by atoms with Crippen molar-refractivity contribution in [3.05, 3.63) is 66.6 Å². The first-order valence-corrected chi connectivity index (χ1v) is 6.15. The van der Waals surface area contributed by atoms with E-state index in [9.17, 15) is 4.79 Å². The molecule has 3 rings (SSSR count). The molecule has 3 aromatic rings. The zero-order valence-corrected chi connectivity index (χ0v) is 10.6. The first-order chi connectivity index (χ1) is 9.83. The number of nitrogens with one attached hydrogen (secondary N) is 2. The van der Waals surface area contributed by atoms with Gasteiger partial charge in [-0.25, -0.2) is 0 Å². The van der Waals surface area contributed by atoms with Crippen molar-refractivity contribution in [2.24, 2.45) is 0 Å². The Morgan fingerprint density at radius 2 is 1.85 bits per heavy atom. The second kappa shape index (κ2) is 5.36. The van der Waals surface area contributed by atoms with Crippen molar-refractivity contribution in [1.82, 2.24) is 15.2 Å². The third-order valence-corrected chi connectivity index (χ3v) is 2.85. The molecule has 2 heterocycles. The number of carbonyl (C=O) groups excluding carboxylic acids is 1. The fraction of sp³-hybridized carbons (Fsp3) is 0. The minimum atomic E-state index is -0.271. The highest BCUT2D eigenvalue weighted by molar-refractivity contribution is 6.02. The molecule has 0 bridgehead atoms. The molecule has 0 aliphatic heterocycles. The standard InChI is InChI=1S/C15H12N4O/c20-15(18-14-7-9-17-19-14)13-10-12(6-8-16-13)11-4-2-1-3-5-11/h1-10H,(H2,17,18,19,20). The van der Waals surface area contributed by atoms with Crippen molar-refractivity contribution < 1.29 is 4.79 Å². The van der Waals surface area contributed by atoms with Crippen LogP contribution in [0.2, 0.25) is 0 Å². The molecule has 98 valence electrons. The predicted octanol–water partition coefficient (Wildman–Crippen LogP) is 2.72. The van der Waals surface area contributed by atoms with Gasteiger partial charge in [0.05, 0.1) is 6.20 Å². The summed E-state index contributed by atoms with van der Waals surface area (Å²) in [6.45, 7) is 0. The van der Waals surface area contributed by atoms with Crippen LogP contribution in [-0.4, -0.2) is 21.1 Å². The maximum Gasteiger partial charge on any atom is 0.275 e. The number of anilines is 1. The van der Waals surface area contributed by atoms with Crippen LogP contribution in [0.4, 0.5) is 5.82 Å². The van der Waals surface area contributed by atoms with Gasteiger partial charge in [0.25, 0.3) is 5.91 Å². The van der Waals surface area contributed by atoms with Gasteiger partial charge in [0, 0.05) is 12.3 Å². The van der Waals surface area contributed by atoms with Crippen LogP contribution in [0.5, 0.6) is 0 Å². The summed E-state index contributed by atoms with van der Waals surface area (Å²) in [7, 11) is 0. The molecular formula is C15H12N4O. The number of benzene rings is 1. The van der Waals surface area contributed by atoms with Gasteiger partial charge in [-0.2, -0.15) is 5.10 Å². The van der Waals surface area contributed by atoms with Crippen LogP contribution >= 0.6 is 0 Å². The number of H-pyrrole nitrogens is 1. The number of pyridine rings is 1. The van der Waals surface area contributed by atoms with E-state index < -0.39 is 0 Å². The zero-order valence-electron chi connectivity index (χ0n) is 10.6. The fourth-order valence-electron chi connectivity index (χ4n) is 1.88. The van der Waals surface area contributed by atoms with E-state index in [1.807, 2.05) is 36.4 Å². The summed E-state index contributed by atoms with van der Waals surface area (Å²) in [6, 6.07) is 15.2. The Balaban J connectivity index is 1.86. The normalized spacial score (nSPS) is 10.2. The highest BCUT2D eigenvalue weighted by Crippen LogP contribution is 2.19. The third kappa shape index (κ3) is 2.56. The molecule has 0 saturated heterocycles. The quantitative estimate of drug-likeness (QED) is 0.764. The van der Waals surface area contributed by atoms with Crippen LogP contribution in [0.25, 0.3) is 11.1 Å². The van der Waals surface area contributed by atoms with Gasteiger partial charge in [0.2, 0.25) is 0 Å². The van der Waals surface area contributed by atoms with Crippen LogP contribution in [0.1, 0.15) is 10.5 Å². The van der Waals surface area contributed by atoms with E-state index in [1.54, 1.807) is 24.5 Å². The average molecular weight is 264 g/mol. The highest BCUT2D eigenvalue weighted by Gasteiger charge is 2.09. The summed E-state index contributed by atoms with van der Waals surface area (Å²) in [5.41, 5.74) is 2.36. The number of rotatable bonds is 3. The molecule has 0 radical (unpaired) electrons. The summed E-state index contributed by atoms with van der Waals surface area (Å²) < 4.78 is 0. The third-order valence-electron chi connectivity index (χ3n) is 2.85. The van der Waals surface area contributed by atoms with Crippen molar-refractivity contribution in [3.8, 4) is 11.1 Å². The molecule has 0 unspecified atom stereocenters. The molecule has 5 nitrogen and oxygen atoms in total. The van der Waals surface area contributed by atoms with E-state index in [0.29, 0.717) is 11.5 Å². The largest absolute Gasteiger partial charge is 0.306 e. The summed E-state index contributed by atoms with van der Waals surface area (Å²) in [5, 5.41) is 9.15. The second-order valence-corrected chi connectivity index (χ2v) is 4.22. The molecule has 5 heteroatoms. The molecule has 20 heavy (non-hydrogen) atoms.